The van der Waals surface area contributed by atoms with Gasteiger partial charge in [0.15, 0.2) is 0 Å². The van der Waals surface area contributed by atoms with Crippen molar-refractivity contribution in [3.8, 4) is 23.1 Å². The molecule has 2 aromatic carbocycles. The van der Waals surface area contributed by atoms with E-state index in [2.05, 4.69) is 26.6 Å². The highest BCUT2D eigenvalue weighted by Gasteiger charge is 2.13. The fourth-order valence-electron chi connectivity index (χ4n) is 2.79. The Bertz CT molecular complexity index is 1190. The molecule has 4 rings (SSSR count). The van der Waals surface area contributed by atoms with Crippen LogP contribution in [0.1, 0.15) is 16.7 Å². The van der Waals surface area contributed by atoms with Gasteiger partial charge in [0, 0.05) is 6.20 Å². The predicted molar refractivity (Wildman–Crippen MR) is 103 cm³/mol. The Balaban J connectivity index is 1.61. The minimum atomic E-state index is 0.466. The molecule has 0 aliphatic heterocycles. The van der Waals surface area contributed by atoms with Gasteiger partial charge in [-0.25, -0.2) is 4.68 Å². The molecule has 4 aromatic rings. The summed E-state index contributed by atoms with van der Waals surface area (Å²) in [4.78, 5) is 1.51. The molecule has 0 unspecified atom stereocenters. The van der Waals surface area contributed by atoms with Crippen LogP contribution in [0.5, 0.6) is 0 Å². The maximum absolute atomic E-state index is 8.87. The molecule has 0 spiro atoms. The van der Waals surface area contributed by atoms with Crippen molar-refractivity contribution >= 4 is 12.2 Å². The molecule has 0 bridgehead atoms. The second kappa shape index (κ2) is 6.97. The zero-order valence-corrected chi connectivity index (χ0v) is 15.3. The van der Waals surface area contributed by atoms with Crippen molar-refractivity contribution < 1.29 is 0 Å². The summed E-state index contributed by atoms with van der Waals surface area (Å²) in [5, 5.41) is 24.7. The van der Waals surface area contributed by atoms with Crippen LogP contribution in [0.4, 0.5) is 0 Å². The van der Waals surface area contributed by atoms with Gasteiger partial charge < -0.3 is 0 Å². The molecule has 0 saturated heterocycles. The Morgan fingerprint density at radius 1 is 1.15 bits per heavy atom. The van der Waals surface area contributed by atoms with Crippen LogP contribution in [-0.2, 0) is 6.54 Å². The molecule has 7 nitrogen and oxygen atoms in total. The molecule has 1 N–H and O–H groups in total. The Labute approximate surface area is 160 Å². The van der Waals surface area contributed by atoms with Crippen molar-refractivity contribution in [2.45, 2.75) is 13.5 Å². The average molecular weight is 373 g/mol. The van der Waals surface area contributed by atoms with Crippen LogP contribution in [0.2, 0.25) is 0 Å². The first-order valence-corrected chi connectivity index (χ1v) is 8.70. The van der Waals surface area contributed by atoms with Gasteiger partial charge in [0.1, 0.15) is 4.64 Å². The zero-order chi connectivity index (χ0) is 18.8. The van der Waals surface area contributed by atoms with E-state index in [0.717, 1.165) is 22.4 Å². The number of nitrogens with one attached hydrogen (secondary N) is 1. The normalized spacial score (nSPS) is 10.7. The lowest BCUT2D eigenvalue weighted by atomic mass is 10.1. The van der Waals surface area contributed by atoms with Crippen LogP contribution >= 0.6 is 12.2 Å². The topological polar surface area (TPSA) is 88.1 Å². The number of nitriles is 1. The molecule has 0 fully saturated rings. The third-order valence-corrected chi connectivity index (χ3v) is 4.63. The Morgan fingerprint density at radius 3 is 2.67 bits per heavy atom. The smallest absolute Gasteiger partial charge is 0.209 e. The van der Waals surface area contributed by atoms with Crippen LogP contribution in [0.3, 0.4) is 0 Å². The maximum atomic E-state index is 8.87. The molecule has 27 heavy (non-hydrogen) atoms. The molecule has 2 aromatic heterocycles. The number of H-pyrrole nitrogens is 1. The lowest BCUT2D eigenvalue weighted by Crippen LogP contribution is -2.04. The van der Waals surface area contributed by atoms with Crippen LogP contribution in [0.15, 0.2) is 54.7 Å². The van der Waals surface area contributed by atoms with Crippen LogP contribution in [0.25, 0.3) is 17.1 Å². The third-order valence-electron chi connectivity index (χ3n) is 4.23. The number of rotatable bonds is 4. The summed E-state index contributed by atoms with van der Waals surface area (Å²) in [7, 11) is 0. The van der Waals surface area contributed by atoms with E-state index >= 15 is 0 Å². The summed E-state index contributed by atoms with van der Waals surface area (Å²) in [5.74, 6) is 0.470. The summed E-state index contributed by atoms with van der Waals surface area (Å²) < 4.78 is 2.43. The van der Waals surface area contributed by atoms with Gasteiger partial charge in [0.05, 0.1) is 29.4 Å². The Hall–Kier alpha value is -3.57. The highest BCUT2D eigenvalue weighted by molar-refractivity contribution is 7.71. The number of benzene rings is 2. The van der Waals surface area contributed by atoms with Crippen molar-refractivity contribution in [3.05, 3.63) is 76.1 Å². The highest BCUT2D eigenvalue weighted by atomic mass is 32.1. The fourth-order valence-corrected chi connectivity index (χ4v) is 3.09. The second-order valence-corrected chi connectivity index (χ2v) is 6.45. The minimum absolute atomic E-state index is 0.466. The fraction of sp³-hybridized carbons (Fsp3) is 0.105. The standard InChI is InChI=1S/C19H15N7S/c1-13-4-2-3-5-17(13)26-19(27)16(11-21-26)18-22-24-25(23-18)12-15-8-6-14(10-20)7-9-15/h2-9,11,21H,12H2,1H3. The summed E-state index contributed by atoms with van der Waals surface area (Å²) >= 11 is 5.60. The average Bonchev–Trinajstić information content (AvgIpc) is 3.29. The highest BCUT2D eigenvalue weighted by Crippen LogP contribution is 2.20. The number of tetrazole rings is 1. The first-order chi connectivity index (χ1) is 13.2. The van der Waals surface area contributed by atoms with Gasteiger partial charge >= 0.3 is 0 Å². The maximum Gasteiger partial charge on any atom is 0.209 e. The molecule has 0 atom stereocenters. The molecular weight excluding hydrogens is 358 g/mol. The largest absolute Gasteiger partial charge is 0.299 e. The monoisotopic (exact) mass is 373 g/mol. The molecule has 0 saturated carbocycles. The zero-order valence-electron chi connectivity index (χ0n) is 14.5. The van der Waals surface area contributed by atoms with E-state index in [0.29, 0.717) is 22.6 Å². The van der Waals surface area contributed by atoms with Gasteiger partial charge in [-0.15, -0.1) is 10.2 Å². The quantitative estimate of drug-likeness (QED) is 0.554. The first-order valence-electron chi connectivity index (χ1n) is 8.29. The molecule has 0 radical (unpaired) electrons. The number of hydrogen-bond donors (Lipinski definition) is 1. The van der Waals surface area contributed by atoms with Gasteiger partial charge in [-0.2, -0.15) is 10.1 Å². The van der Waals surface area contributed by atoms with E-state index in [9.17, 15) is 0 Å². The number of para-hydroxylation sites is 1. The lowest BCUT2D eigenvalue weighted by molar-refractivity contribution is 0.573. The number of aromatic amines is 1. The van der Waals surface area contributed by atoms with Crippen molar-refractivity contribution in [1.82, 2.24) is 30.0 Å². The Morgan fingerprint density at radius 2 is 1.93 bits per heavy atom. The third kappa shape index (κ3) is 3.28. The number of aromatic nitrogens is 6. The van der Waals surface area contributed by atoms with E-state index in [1.54, 1.807) is 18.3 Å². The van der Waals surface area contributed by atoms with Gasteiger partial charge in [0.2, 0.25) is 5.82 Å². The van der Waals surface area contributed by atoms with Crippen LogP contribution < -0.4 is 0 Å². The second-order valence-electron chi connectivity index (χ2n) is 6.07. The lowest BCUT2D eigenvalue weighted by Gasteiger charge is -2.05. The van der Waals surface area contributed by atoms with Gasteiger partial charge in [-0.1, -0.05) is 42.5 Å². The van der Waals surface area contributed by atoms with Crippen molar-refractivity contribution in [1.29, 1.82) is 5.26 Å². The van der Waals surface area contributed by atoms with E-state index in [-0.39, 0.29) is 0 Å². The van der Waals surface area contributed by atoms with E-state index in [1.165, 1.54) is 4.80 Å². The predicted octanol–water partition coefficient (Wildman–Crippen LogP) is 3.42. The first kappa shape index (κ1) is 16.9. The molecule has 0 aliphatic carbocycles. The van der Waals surface area contributed by atoms with E-state index < -0.39 is 0 Å². The molecule has 0 amide bonds. The van der Waals surface area contributed by atoms with Crippen molar-refractivity contribution in [2.24, 2.45) is 0 Å². The summed E-state index contributed by atoms with van der Waals surface area (Å²) in [5.41, 5.74) is 4.42. The van der Waals surface area contributed by atoms with Gasteiger partial charge in [-0.3, -0.25) is 5.10 Å². The molecule has 8 heteroatoms. The van der Waals surface area contributed by atoms with Gasteiger partial charge in [-0.05, 0) is 41.5 Å². The van der Waals surface area contributed by atoms with Crippen LogP contribution in [0, 0.1) is 22.9 Å². The van der Waals surface area contributed by atoms with E-state index in [4.69, 9.17) is 17.5 Å². The number of aryl methyl sites for hydroxylation is 1. The minimum Gasteiger partial charge on any atom is -0.299 e. The van der Waals surface area contributed by atoms with Gasteiger partial charge in [0.25, 0.3) is 0 Å². The van der Waals surface area contributed by atoms with Crippen molar-refractivity contribution in [3.63, 3.8) is 0 Å². The summed E-state index contributed by atoms with van der Waals surface area (Å²) in [6.07, 6.45) is 1.79. The molecule has 2 heterocycles. The summed E-state index contributed by atoms with van der Waals surface area (Å²) in [6, 6.07) is 17.4. The van der Waals surface area contributed by atoms with Crippen LogP contribution in [-0.4, -0.2) is 30.0 Å². The molecule has 132 valence electrons. The molecule has 0 aliphatic rings. The number of hydrogen-bond acceptors (Lipinski definition) is 5. The van der Waals surface area contributed by atoms with Crippen molar-refractivity contribution in [2.75, 3.05) is 0 Å². The number of nitrogens with zero attached hydrogens (tertiary/aromatic N) is 6. The SMILES string of the molecule is Cc1ccccc1-n1[nH]cc(-c2nnn(Cc3ccc(C#N)cc3)n2)c1=S. The molecular formula is C19H15N7S. The summed E-state index contributed by atoms with van der Waals surface area (Å²) in [6.45, 7) is 2.50. The van der Waals surface area contributed by atoms with E-state index in [1.807, 2.05) is 48.0 Å². The Kier molecular flexibility index (Phi) is 4.36.